The van der Waals surface area contributed by atoms with E-state index in [1.165, 1.54) is 0 Å². The second-order valence-electron chi connectivity index (χ2n) is 9.02. The lowest BCUT2D eigenvalue weighted by molar-refractivity contribution is -0.121. The molecule has 2 fully saturated rings. The fourth-order valence-electron chi connectivity index (χ4n) is 4.72. The van der Waals surface area contributed by atoms with Gasteiger partial charge in [-0.25, -0.2) is 0 Å². The van der Waals surface area contributed by atoms with Crippen LogP contribution in [0.3, 0.4) is 0 Å². The highest BCUT2D eigenvalue weighted by atomic mass is 16.5. The number of methoxy groups -OCH3 is 1. The van der Waals surface area contributed by atoms with Gasteiger partial charge in [-0.15, -0.1) is 0 Å². The number of amides is 1. The number of likely N-dealkylation sites (tertiary alicyclic amines) is 1. The predicted octanol–water partition coefficient (Wildman–Crippen LogP) is 4.55. The maximum atomic E-state index is 13.7. The van der Waals surface area contributed by atoms with E-state index in [0.29, 0.717) is 30.1 Å². The van der Waals surface area contributed by atoms with Gasteiger partial charge in [-0.05, 0) is 80.3 Å². The highest BCUT2D eigenvalue weighted by molar-refractivity contribution is 6.08. The molecule has 1 amide bonds. The Morgan fingerprint density at radius 2 is 1.68 bits per heavy atom. The summed E-state index contributed by atoms with van der Waals surface area (Å²) in [5, 5.41) is 20.4. The van der Waals surface area contributed by atoms with Gasteiger partial charge in [0.15, 0.2) is 0 Å². The van der Waals surface area contributed by atoms with Crippen molar-refractivity contribution in [2.75, 3.05) is 37.0 Å². The molecular weight excluding hydrogens is 426 g/mol. The van der Waals surface area contributed by atoms with Crippen LogP contribution in [-0.4, -0.2) is 55.1 Å². The molecule has 0 radical (unpaired) electrons. The van der Waals surface area contributed by atoms with Crippen molar-refractivity contribution in [1.29, 1.82) is 10.8 Å². The summed E-state index contributed by atoms with van der Waals surface area (Å²) in [6.45, 7) is 8.15. The van der Waals surface area contributed by atoms with Gasteiger partial charge in [-0.2, -0.15) is 0 Å². The van der Waals surface area contributed by atoms with E-state index in [2.05, 4.69) is 16.8 Å². The summed E-state index contributed by atoms with van der Waals surface area (Å²) in [5.74, 6) is 0.961. The number of amidine groups is 1. The SMILES string of the molecule is C=C(C)C(=N)C1CCN(c2ccc(C(=N)N3CCCC3)cc2)C(=O)C1Nc1ccc(OC)cc1. The monoisotopic (exact) mass is 459 g/mol. The van der Waals surface area contributed by atoms with E-state index >= 15 is 0 Å². The molecule has 2 aliphatic rings. The lowest BCUT2D eigenvalue weighted by atomic mass is 9.84. The quantitative estimate of drug-likeness (QED) is 0.418. The third-order valence-corrected chi connectivity index (χ3v) is 6.72. The first-order valence-electron chi connectivity index (χ1n) is 11.8. The van der Waals surface area contributed by atoms with Gasteiger partial charge in [0.05, 0.1) is 7.11 Å². The van der Waals surface area contributed by atoms with Crippen LogP contribution in [0.1, 0.15) is 31.7 Å². The summed E-state index contributed by atoms with van der Waals surface area (Å²) in [6.07, 6.45) is 2.92. The molecule has 3 N–H and O–H groups in total. The van der Waals surface area contributed by atoms with E-state index in [1.54, 1.807) is 12.0 Å². The molecule has 7 heteroatoms. The number of carbonyl (C=O) groups is 1. The van der Waals surface area contributed by atoms with Crippen LogP contribution in [0.5, 0.6) is 5.75 Å². The molecule has 0 saturated carbocycles. The average molecular weight is 460 g/mol. The van der Waals surface area contributed by atoms with Gasteiger partial charge in [0.1, 0.15) is 17.6 Å². The zero-order valence-electron chi connectivity index (χ0n) is 19.9. The number of carbonyl (C=O) groups excluding carboxylic acids is 1. The van der Waals surface area contributed by atoms with Gasteiger partial charge in [0.2, 0.25) is 5.91 Å². The summed E-state index contributed by atoms with van der Waals surface area (Å²) in [4.78, 5) is 17.6. The molecule has 0 spiro atoms. The van der Waals surface area contributed by atoms with Gasteiger partial charge >= 0.3 is 0 Å². The number of nitrogens with zero attached hydrogens (tertiary/aromatic N) is 2. The van der Waals surface area contributed by atoms with Crippen LogP contribution in [0.15, 0.2) is 60.7 Å². The maximum Gasteiger partial charge on any atom is 0.250 e. The van der Waals surface area contributed by atoms with Crippen LogP contribution < -0.4 is 15.0 Å². The first-order chi connectivity index (χ1) is 16.4. The Morgan fingerprint density at radius 1 is 1.03 bits per heavy atom. The van der Waals surface area contributed by atoms with E-state index in [4.69, 9.17) is 15.6 Å². The van der Waals surface area contributed by atoms with Crippen molar-refractivity contribution in [3.8, 4) is 5.75 Å². The molecule has 2 aliphatic heterocycles. The minimum absolute atomic E-state index is 0.0690. The smallest absolute Gasteiger partial charge is 0.250 e. The lowest BCUT2D eigenvalue weighted by Gasteiger charge is -2.39. The lowest BCUT2D eigenvalue weighted by Crippen LogP contribution is -2.54. The minimum atomic E-state index is -0.575. The van der Waals surface area contributed by atoms with Crippen LogP contribution in [0.2, 0.25) is 0 Å². The summed E-state index contributed by atoms with van der Waals surface area (Å²) >= 11 is 0. The Morgan fingerprint density at radius 3 is 2.26 bits per heavy atom. The first-order valence-corrected chi connectivity index (χ1v) is 11.8. The van der Waals surface area contributed by atoms with Crippen molar-refractivity contribution in [3.05, 3.63) is 66.2 Å². The van der Waals surface area contributed by atoms with Crippen LogP contribution >= 0.6 is 0 Å². The maximum absolute atomic E-state index is 13.7. The van der Waals surface area contributed by atoms with E-state index in [0.717, 1.165) is 48.6 Å². The van der Waals surface area contributed by atoms with Gasteiger partial charge in [-0.1, -0.05) is 6.58 Å². The molecule has 0 aliphatic carbocycles. The predicted molar refractivity (Wildman–Crippen MR) is 137 cm³/mol. The number of piperidine rings is 1. The molecule has 2 aromatic rings. The van der Waals surface area contributed by atoms with Crippen LogP contribution in [0.25, 0.3) is 0 Å². The fourth-order valence-corrected chi connectivity index (χ4v) is 4.72. The van der Waals surface area contributed by atoms with Crippen molar-refractivity contribution in [2.24, 2.45) is 5.92 Å². The number of anilines is 2. The number of benzene rings is 2. The molecule has 178 valence electrons. The molecule has 2 atom stereocenters. The second-order valence-corrected chi connectivity index (χ2v) is 9.02. The van der Waals surface area contributed by atoms with Gasteiger partial charge in [0, 0.05) is 48.2 Å². The van der Waals surface area contributed by atoms with E-state index in [1.807, 2.05) is 55.5 Å². The Labute approximate surface area is 201 Å². The Kier molecular flexibility index (Phi) is 7.01. The number of allylic oxidation sites excluding steroid dienone is 1. The molecule has 2 saturated heterocycles. The number of hydrogen-bond donors (Lipinski definition) is 3. The molecule has 7 nitrogen and oxygen atoms in total. The van der Waals surface area contributed by atoms with Gasteiger partial charge in [-0.3, -0.25) is 10.2 Å². The molecule has 4 rings (SSSR count). The molecule has 0 bridgehead atoms. The fraction of sp³-hybridized carbons (Fsp3) is 0.370. The zero-order valence-corrected chi connectivity index (χ0v) is 19.9. The highest BCUT2D eigenvalue weighted by Gasteiger charge is 2.39. The topological polar surface area (TPSA) is 92.5 Å². The normalized spacial score (nSPS) is 20.2. The van der Waals surface area contributed by atoms with Crippen LogP contribution in [0, 0.1) is 16.7 Å². The third kappa shape index (κ3) is 4.83. The Balaban J connectivity index is 1.55. The van der Waals surface area contributed by atoms with E-state index in [-0.39, 0.29) is 11.8 Å². The number of rotatable bonds is 7. The van der Waals surface area contributed by atoms with Crippen molar-refractivity contribution < 1.29 is 9.53 Å². The molecular formula is C27H33N5O2. The molecule has 2 heterocycles. The van der Waals surface area contributed by atoms with Crippen LogP contribution in [0.4, 0.5) is 11.4 Å². The third-order valence-electron chi connectivity index (χ3n) is 6.72. The summed E-state index contributed by atoms with van der Waals surface area (Å²) in [5.41, 5.74) is 3.57. The van der Waals surface area contributed by atoms with E-state index < -0.39 is 6.04 Å². The molecule has 0 aromatic heterocycles. The molecule has 2 aromatic carbocycles. The second kappa shape index (κ2) is 10.1. The van der Waals surface area contributed by atoms with Gasteiger partial charge < -0.3 is 25.3 Å². The van der Waals surface area contributed by atoms with Crippen molar-refractivity contribution in [2.45, 2.75) is 32.2 Å². The molecule has 2 unspecified atom stereocenters. The average Bonchev–Trinajstić information content (AvgIpc) is 3.40. The molecule has 34 heavy (non-hydrogen) atoms. The Bertz CT molecular complexity index is 1070. The summed E-state index contributed by atoms with van der Waals surface area (Å²) in [6, 6.07) is 14.6. The van der Waals surface area contributed by atoms with Crippen molar-refractivity contribution >= 4 is 28.8 Å². The summed E-state index contributed by atoms with van der Waals surface area (Å²) < 4.78 is 5.24. The largest absolute Gasteiger partial charge is 0.497 e. The van der Waals surface area contributed by atoms with E-state index in [9.17, 15) is 4.79 Å². The van der Waals surface area contributed by atoms with Crippen molar-refractivity contribution in [1.82, 2.24) is 4.90 Å². The standard InChI is InChI=1S/C27H33N5O2/c1-18(2)24(28)23-14-17-32(27(33)25(23)30-20-8-12-22(34-3)13-9-20)21-10-6-19(7-11-21)26(29)31-15-4-5-16-31/h6-13,23,25,28-30H,1,4-5,14-17H2,2-3H3. The first kappa shape index (κ1) is 23.5. The zero-order chi connectivity index (χ0) is 24.2. The Hall–Kier alpha value is -3.61. The summed E-state index contributed by atoms with van der Waals surface area (Å²) in [7, 11) is 1.62. The number of hydrogen-bond acceptors (Lipinski definition) is 5. The minimum Gasteiger partial charge on any atom is -0.497 e. The number of nitrogens with one attached hydrogen (secondary N) is 3. The van der Waals surface area contributed by atoms with Crippen molar-refractivity contribution in [3.63, 3.8) is 0 Å². The number of ether oxygens (including phenoxy) is 1. The highest BCUT2D eigenvalue weighted by Crippen LogP contribution is 2.30. The van der Waals surface area contributed by atoms with Gasteiger partial charge in [0.25, 0.3) is 0 Å². The van der Waals surface area contributed by atoms with Crippen LogP contribution in [-0.2, 0) is 4.79 Å².